The second kappa shape index (κ2) is 9.45. The standard InChI is InChI=1S/C28H23N3O2S/c1-19-14-25-26(15-20(19)2)34-28(30-25)31(18-21-8-7-13-29-17-21)27(32)22-9-6-12-24(16-22)33-23-10-4-3-5-11-23/h3-17H,18H2,1-2H3. The summed E-state index contributed by atoms with van der Waals surface area (Å²) >= 11 is 1.52. The molecule has 0 aliphatic carbocycles. The second-order valence-corrected chi connectivity index (χ2v) is 9.11. The number of rotatable bonds is 6. The molecule has 0 bridgehead atoms. The highest BCUT2D eigenvalue weighted by Gasteiger charge is 2.22. The Kier molecular flexibility index (Phi) is 6.06. The molecule has 168 valence electrons. The third-order valence-corrected chi connectivity index (χ3v) is 6.63. The fraction of sp³-hybridized carbons (Fsp3) is 0.107. The monoisotopic (exact) mass is 465 g/mol. The predicted octanol–water partition coefficient (Wildman–Crippen LogP) is 6.95. The Labute approximate surface area is 202 Å². The fourth-order valence-corrected chi connectivity index (χ4v) is 4.70. The van der Waals surface area contributed by atoms with E-state index in [-0.39, 0.29) is 5.91 Å². The first-order valence-electron chi connectivity index (χ1n) is 11.0. The molecule has 0 N–H and O–H groups in total. The van der Waals surface area contributed by atoms with E-state index in [1.165, 1.54) is 22.5 Å². The van der Waals surface area contributed by atoms with Crippen molar-refractivity contribution in [3.8, 4) is 11.5 Å². The number of nitrogens with zero attached hydrogens (tertiary/aromatic N) is 3. The number of anilines is 1. The van der Waals surface area contributed by atoms with Crippen LogP contribution in [0.5, 0.6) is 11.5 Å². The first kappa shape index (κ1) is 21.8. The minimum Gasteiger partial charge on any atom is -0.457 e. The van der Waals surface area contributed by atoms with Gasteiger partial charge in [0.25, 0.3) is 5.91 Å². The van der Waals surface area contributed by atoms with Gasteiger partial charge < -0.3 is 4.74 Å². The molecule has 3 aromatic carbocycles. The number of carbonyl (C=O) groups excluding carboxylic acids is 1. The van der Waals surface area contributed by atoms with Crippen LogP contribution < -0.4 is 9.64 Å². The molecular weight excluding hydrogens is 442 g/mol. The summed E-state index contributed by atoms with van der Waals surface area (Å²) in [5.74, 6) is 1.18. The van der Waals surface area contributed by atoms with E-state index < -0.39 is 0 Å². The number of pyridine rings is 1. The highest BCUT2D eigenvalue weighted by molar-refractivity contribution is 7.22. The van der Waals surface area contributed by atoms with Gasteiger partial charge in [0.2, 0.25) is 0 Å². The zero-order valence-electron chi connectivity index (χ0n) is 18.9. The molecule has 5 rings (SSSR count). The van der Waals surface area contributed by atoms with Crippen LogP contribution >= 0.6 is 11.3 Å². The Morgan fingerprint density at radius 1 is 0.912 bits per heavy atom. The van der Waals surface area contributed by atoms with Crippen molar-refractivity contribution in [2.45, 2.75) is 20.4 Å². The molecule has 0 saturated carbocycles. The lowest BCUT2D eigenvalue weighted by atomic mass is 10.1. The quantitative estimate of drug-likeness (QED) is 0.272. The van der Waals surface area contributed by atoms with Crippen LogP contribution in [-0.2, 0) is 6.54 Å². The van der Waals surface area contributed by atoms with E-state index in [4.69, 9.17) is 9.72 Å². The number of hydrogen-bond acceptors (Lipinski definition) is 5. The van der Waals surface area contributed by atoms with Gasteiger partial charge in [-0.3, -0.25) is 14.7 Å². The molecule has 0 saturated heterocycles. The summed E-state index contributed by atoms with van der Waals surface area (Å²) in [5, 5.41) is 0.656. The molecule has 0 radical (unpaired) electrons. The van der Waals surface area contributed by atoms with E-state index >= 15 is 0 Å². The number of hydrogen-bond donors (Lipinski definition) is 0. The van der Waals surface area contributed by atoms with Crippen LogP contribution in [0.15, 0.2) is 91.3 Å². The van der Waals surface area contributed by atoms with Crippen LogP contribution in [-0.4, -0.2) is 15.9 Å². The van der Waals surface area contributed by atoms with Crippen molar-refractivity contribution in [2.24, 2.45) is 0 Å². The van der Waals surface area contributed by atoms with Gasteiger partial charge in [-0.1, -0.05) is 41.7 Å². The predicted molar refractivity (Wildman–Crippen MR) is 137 cm³/mol. The Morgan fingerprint density at radius 2 is 1.71 bits per heavy atom. The molecule has 2 aromatic heterocycles. The van der Waals surface area contributed by atoms with Gasteiger partial charge in [0.1, 0.15) is 11.5 Å². The maximum Gasteiger partial charge on any atom is 0.260 e. The molecule has 34 heavy (non-hydrogen) atoms. The molecule has 0 spiro atoms. The summed E-state index contributed by atoms with van der Waals surface area (Å²) < 4.78 is 7.01. The number of fused-ring (bicyclic) bond motifs is 1. The lowest BCUT2D eigenvalue weighted by molar-refractivity contribution is 0.0985. The number of para-hydroxylation sites is 1. The highest BCUT2D eigenvalue weighted by atomic mass is 32.1. The Morgan fingerprint density at radius 3 is 2.50 bits per heavy atom. The molecule has 6 heteroatoms. The van der Waals surface area contributed by atoms with E-state index in [9.17, 15) is 4.79 Å². The van der Waals surface area contributed by atoms with Crippen molar-refractivity contribution in [1.29, 1.82) is 0 Å². The summed E-state index contributed by atoms with van der Waals surface area (Å²) in [6, 6.07) is 24.8. The number of ether oxygens (including phenoxy) is 1. The van der Waals surface area contributed by atoms with Gasteiger partial charge in [-0.05, 0) is 79.1 Å². The molecule has 1 amide bonds. The molecule has 0 fully saturated rings. The fourth-order valence-electron chi connectivity index (χ4n) is 3.66. The van der Waals surface area contributed by atoms with Crippen LogP contribution in [0, 0.1) is 13.8 Å². The summed E-state index contributed by atoms with van der Waals surface area (Å²) in [5.41, 5.74) is 4.75. The number of carbonyl (C=O) groups is 1. The Balaban J connectivity index is 1.51. The van der Waals surface area contributed by atoms with Crippen molar-refractivity contribution in [2.75, 3.05) is 4.90 Å². The Hall–Kier alpha value is -4.03. The average molecular weight is 466 g/mol. The number of amides is 1. The lowest BCUT2D eigenvalue weighted by Crippen LogP contribution is -2.30. The molecule has 5 aromatic rings. The van der Waals surface area contributed by atoms with Gasteiger partial charge in [-0.15, -0.1) is 0 Å². The van der Waals surface area contributed by atoms with E-state index in [1.807, 2.05) is 54.6 Å². The van der Waals surface area contributed by atoms with Gasteiger partial charge >= 0.3 is 0 Å². The normalized spacial score (nSPS) is 10.9. The van der Waals surface area contributed by atoms with Gasteiger partial charge in [-0.25, -0.2) is 4.98 Å². The van der Waals surface area contributed by atoms with E-state index in [1.54, 1.807) is 29.4 Å². The van der Waals surface area contributed by atoms with Crippen LogP contribution in [0.3, 0.4) is 0 Å². The van der Waals surface area contributed by atoms with Crippen molar-refractivity contribution in [3.05, 3.63) is 114 Å². The first-order chi connectivity index (χ1) is 16.6. The molecule has 2 heterocycles. The molecule has 0 aliphatic rings. The van der Waals surface area contributed by atoms with Gasteiger partial charge in [0.15, 0.2) is 5.13 Å². The van der Waals surface area contributed by atoms with Gasteiger partial charge in [-0.2, -0.15) is 0 Å². The van der Waals surface area contributed by atoms with E-state index in [0.29, 0.717) is 23.0 Å². The summed E-state index contributed by atoms with van der Waals surface area (Å²) in [6.45, 7) is 4.53. The van der Waals surface area contributed by atoms with Crippen molar-refractivity contribution >= 4 is 32.6 Å². The smallest absolute Gasteiger partial charge is 0.260 e. The minimum atomic E-state index is -0.144. The third kappa shape index (κ3) is 4.67. The topological polar surface area (TPSA) is 55.3 Å². The maximum atomic E-state index is 13.8. The van der Waals surface area contributed by atoms with Crippen molar-refractivity contribution < 1.29 is 9.53 Å². The minimum absolute atomic E-state index is 0.144. The third-order valence-electron chi connectivity index (χ3n) is 5.59. The van der Waals surface area contributed by atoms with Crippen LogP contribution in [0.1, 0.15) is 27.0 Å². The lowest BCUT2D eigenvalue weighted by Gasteiger charge is -2.20. The van der Waals surface area contributed by atoms with Gasteiger partial charge in [0.05, 0.1) is 16.8 Å². The number of thiazole rings is 1. The number of benzene rings is 3. The van der Waals surface area contributed by atoms with Crippen molar-refractivity contribution in [3.63, 3.8) is 0 Å². The van der Waals surface area contributed by atoms with Gasteiger partial charge in [0, 0.05) is 18.0 Å². The summed E-state index contributed by atoms with van der Waals surface area (Å²) in [7, 11) is 0. The zero-order chi connectivity index (χ0) is 23.5. The average Bonchev–Trinajstić information content (AvgIpc) is 3.26. The zero-order valence-corrected chi connectivity index (χ0v) is 19.8. The molecule has 0 unspecified atom stereocenters. The number of aryl methyl sites for hydroxylation is 2. The second-order valence-electron chi connectivity index (χ2n) is 8.10. The largest absolute Gasteiger partial charge is 0.457 e. The molecular formula is C28H23N3O2S. The summed E-state index contributed by atoms with van der Waals surface area (Å²) in [4.78, 5) is 24.5. The first-order valence-corrected chi connectivity index (χ1v) is 11.8. The molecule has 5 nitrogen and oxygen atoms in total. The van der Waals surface area contributed by atoms with E-state index in [0.717, 1.165) is 21.5 Å². The Bertz CT molecular complexity index is 1410. The van der Waals surface area contributed by atoms with Crippen LogP contribution in [0.2, 0.25) is 0 Å². The van der Waals surface area contributed by atoms with Crippen molar-refractivity contribution in [1.82, 2.24) is 9.97 Å². The SMILES string of the molecule is Cc1cc2nc(N(Cc3cccnc3)C(=O)c3cccc(Oc4ccccc4)c3)sc2cc1C. The van der Waals surface area contributed by atoms with Crippen LogP contribution in [0.4, 0.5) is 5.13 Å². The number of aromatic nitrogens is 2. The maximum absolute atomic E-state index is 13.8. The van der Waals surface area contributed by atoms with E-state index in [2.05, 4.69) is 31.0 Å². The molecule has 0 aliphatic heterocycles. The molecule has 0 atom stereocenters. The highest BCUT2D eigenvalue weighted by Crippen LogP contribution is 2.33. The summed E-state index contributed by atoms with van der Waals surface area (Å²) in [6.07, 6.45) is 3.50. The van der Waals surface area contributed by atoms with Crippen LogP contribution in [0.25, 0.3) is 10.2 Å².